The van der Waals surface area contributed by atoms with E-state index in [1.54, 1.807) is 36.4 Å². The van der Waals surface area contributed by atoms with Crippen LogP contribution >= 0.6 is 0 Å². The molecule has 1 amide bonds. The molecule has 30 heavy (non-hydrogen) atoms. The van der Waals surface area contributed by atoms with Crippen LogP contribution in [0.25, 0.3) is 0 Å². The van der Waals surface area contributed by atoms with Crippen molar-refractivity contribution in [1.82, 2.24) is 5.32 Å². The van der Waals surface area contributed by atoms with Crippen molar-refractivity contribution >= 4 is 11.6 Å². The van der Waals surface area contributed by atoms with Crippen LogP contribution in [0.5, 0.6) is 5.75 Å². The van der Waals surface area contributed by atoms with Gasteiger partial charge in [0, 0.05) is 26.3 Å². The summed E-state index contributed by atoms with van der Waals surface area (Å²) in [5.74, 6) is 1.23. The summed E-state index contributed by atoms with van der Waals surface area (Å²) in [5, 5.41) is 11.7. The molecule has 0 aliphatic carbocycles. The molecule has 0 aliphatic rings. The number of nitrogens with one attached hydrogen (secondary N) is 1. The number of furan rings is 1. The molecule has 3 rings (SSSR count). The lowest BCUT2D eigenvalue weighted by Crippen LogP contribution is -2.24. The number of nitriles is 1. The first-order chi connectivity index (χ1) is 14.5. The number of hydrogen-bond acceptors (Lipinski definition) is 5. The molecule has 6 heteroatoms. The van der Waals surface area contributed by atoms with Gasteiger partial charge < -0.3 is 19.4 Å². The zero-order valence-electron chi connectivity index (χ0n) is 17.2. The summed E-state index contributed by atoms with van der Waals surface area (Å²) in [6.07, 6.45) is 1.75. The molecule has 154 valence electrons. The average Bonchev–Trinajstić information content (AvgIpc) is 3.25. The van der Waals surface area contributed by atoms with Crippen molar-refractivity contribution in [2.75, 3.05) is 25.5 Å². The molecular formula is C24H25N3O3. The Morgan fingerprint density at radius 1 is 1.07 bits per heavy atom. The summed E-state index contributed by atoms with van der Waals surface area (Å²) in [4.78, 5) is 14.3. The fraction of sp³-hybridized carbons (Fsp3) is 0.250. The van der Waals surface area contributed by atoms with E-state index < -0.39 is 0 Å². The molecule has 2 aromatic carbocycles. The lowest BCUT2D eigenvalue weighted by molar-refractivity contribution is 0.0921. The van der Waals surface area contributed by atoms with Gasteiger partial charge in [0.05, 0.1) is 11.6 Å². The minimum absolute atomic E-state index is 0.210. The van der Waals surface area contributed by atoms with E-state index in [9.17, 15) is 4.79 Å². The Kier molecular flexibility index (Phi) is 7.12. The van der Waals surface area contributed by atoms with Gasteiger partial charge in [-0.3, -0.25) is 4.79 Å². The van der Waals surface area contributed by atoms with Crippen LogP contribution in [0.1, 0.15) is 33.9 Å². The molecule has 0 bridgehead atoms. The molecule has 1 aromatic heterocycles. The Morgan fingerprint density at radius 3 is 2.47 bits per heavy atom. The highest BCUT2D eigenvalue weighted by molar-refractivity contribution is 5.91. The van der Waals surface area contributed by atoms with Crippen LogP contribution in [0.3, 0.4) is 0 Å². The van der Waals surface area contributed by atoms with Crippen LogP contribution in [0, 0.1) is 11.3 Å². The number of ether oxygens (including phenoxy) is 1. The number of aryl methyl sites for hydroxylation is 1. The van der Waals surface area contributed by atoms with Crippen LogP contribution in [0.2, 0.25) is 0 Å². The van der Waals surface area contributed by atoms with Crippen molar-refractivity contribution in [3.8, 4) is 11.8 Å². The van der Waals surface area contributed by atoms with Crippen LogP contribution < -0.4 is 15.0 Å². The number of nitrogens with zero attached hydrogens (tertiary/aromatic N) is 2. The van der Waals surface area contributed by atoms with Crippen LogP contribution in [-0.2, 0) is 13.0 Å². The van der Waals surface area contributed by atoms with E-state index in [4.69, 9.17) is 14.4 Å². The van der Waals surface area contributed by atoms with Crippen molar-refractivity contribution < 1.29 is 13.9 Å². The quantitative estimate of drug-likeness (QED) is 0.543. The smallest absolute Gasteiger partial charge is 0.286 e. The predicted molar refractivity (Wildman–Crippen MR) is 116 cm³/mol. The van der Waals surface area contributed by atoms with Crippen molar-refractivity contribution in [2.45, 2.75) is 19.4 Å². The molecule has 0 aliphatic heterocycles. The zero-order valence-corrected chi connectivity index (χ0v) is 17.2. The molecule has 0 spiro atoms. The number of hydrogen-bond donors (Lipinski definition) is 1. The van der Waals surface area contributed by atoms with Crippen LogP contribution in [0.4, 0.5) is 5.69 Å². The van der Waals surface area contributed by atoms with Gasteiger partial charge in [0.25, 0.3) is 5.91 Å². The van der Waals surface area contributed by atoms with Gasteiger partial charge in [0.2, 0.25) is 0 Å². The summed E-state index contributed by atoms with van der Waals surface area (Å²) < 4.78 is 11.2. The number of anilines is 1. The average molecular weight is 403 g/mol. The molecule has 0 atom stereocenters. The fourth-order valence-electron chi connectivity index (χ4n) is 2.90. The van der Waals surface area contributed by atoms with E-state index in [1.165, 1.54) is 11.3 Å². The molecule has 1 heterocycles. The van der Waals surface area contributed by atoms with Gasteiger partial charge in [-0.1, -0.05) is 12.1 Å². The highest BCUT2D eigenvalue weighted by Crippen LogP contribution is 2.16. The fourth-order valence-corrected chi connectivity index (χ4v) is 2.90. The summed E-state index contributed by atoms with van der Waals surface area (Å²) in [5.41, 5.74) is 2.99. The molecule has 0 fully saturated rings. The maximum Gasteiger partial charge on any atom is 0.286 e. The standard InChI is InChI=1S/C24H25N3O3/c1-27(2)20-9-5-18(6-10-20)4-3-15-26-24(28)23-14-13-22(30-23)17-29-21-11-7-19(16-25)8-12-21/h5-14H,3-4,15,17H2,1-2H3,(H,26,28). The van der Waals surface area contributed by atoms with Crippen molar-refractivity contribution in [3.63, 3.8) is 0 Å². The molecule has 3 aromatic rings. The largest absolute Gasteiger partial charge is 0.486 e. The van der Waals surface area contributed by atoms with Crippen LogP contribution in [0.15, 0.2) is 65.1 Å². The molecule has 0 unspecified atom stereocenters. The van der Waals surface area contributed by atoms with Gasteiger partial charge in [-0.2, -0.15) is 5.26 Å². The van der Waals surface area contributed by atoms with Crippen LogP contribution in [-0.4, -0.2) is 26.5 Å². The molecular weight excluding hydrogens is 378 g/mol. The number of rotatable bonds is 9. The first-order valence-electron chi connectivity index (χ1n) is 9.81. The van der Waals surface area contributed by atoms with Gasteiger partial charge in [-0.05, 0) is 66.9 Å². The maximum absolute atomic E-state index is 12.3. The highest BCUT2D eigenvalue weighted by Gasteiger charge is 2.11. The van der Waals surface area contributed by atoms with E-state index in [0.717, 1.165) is 12.8 Å². The zero-order chi connectivity index (χ0) is 21.3. The second-order valence-corrected chi connectivity index (χ2v) is 7.11. The first-order valence-corrected chi connectivity index (χ1v) is 9.81. The normalized spacial score (nSPS) is 10.3. The Morgan fingerprint density at radius 2 is 1.80 bits per heavy atom. The second kappa shape index (κ2) is 10.2. The molecule has 6 nitrogen and oxygen atoms in total. The van der Waals surface area contributed by atoms with Crippen molar-refractivity contribution in [2.24, 2.45) is 0 Å². The van der Waals surface area contributed by atoms with Crippen molar-refractivity contribution in [1.29, 1.82) is 5.26 Å². The summed E-state index contributed by atoms with van der Waals surface area (Å²) >= 11 is 0. The van der Waals surface area contributed by atoms with E-state index in [0.29, 0.717) is 23.6 Å². The molecule has 0 saturated heterocycles. The highest BCUT2D eigenvalue weighted by atomic mass is 16.5. The second-order valence-electron chi connectivity index (χ2n) is 7.11. The Bertz CT molecular complexity index is 999. The number of carbonyl (C=O) groups is 1. The van der Waals surface area contributed by atoms with Crippen molar-refractivity contribution in [3.05, 3.63) is 83.3 Å². The third-order valence-electron chi connectivity index (χ3n) is 4.63. The van der Waals surface area contributed by atoms with E-state index in [-0.39, 0.29) is 18.3 Å². The number of carbonyl (C=O) groups excluding carboxylic acids is 1. The lowest BCUT2D eigenvalue weighted by atomic mass is 10.1. The van der Waals surface area contributed by atoms with Gasteiger partial charge in [-0.25, -0.2) is 0 Å². The molecule has 1 N–H and O–H groups in total. The molecule has 0 radical (unpaired) electrons. The van der Waals surface area contributed by atoms with Gasteiger partial charge >= 0.3 is 0 Å². The first kappa shape index (κ1) is 21.0. The lowest BCUT2D eigenvalue weighted by Gasteiger charge is -2.12. The minimum Gasteiger partial charge on any atom is -0.486 e. The van der Waals surface area contributed by atoms with E-state index in [1.807, 2.05) is 14.1 Å². The number of amides is 1. The topological polar surface area (TPSA) is 78.5 Å². The van der Waals surface area contributed by atoms with E-state index >= 15 is 0 Å². The predicted octanol–water partition coefficient (Wildman–Crippen LogP) is 4.16. The monoisotopic (exact) mass is 403 g/mol. The van der Waals surface area contributed by atoms with Gasteiger partial charge in [0.1, 0.15) is 18.1 Å². The Hall–Kier alpha value is -3.72. The molecule has 0 saturated carbocycles. The summed E-state index contributed by atoms with van der Waals surface area (Å²) in [7, 11) is 4.04. The summed E-state index contributed by atoms with van der Waals surface area (Å²) in [6.45, 7) is 0.786. The Balaban J connectivity index is 1.40. The van der Waals surface area contributed by atoms with Gasteiger partial charge in [0.15, 0.2) is 5.76 Å². The minimum atomic E-state index is -0.234. The third kappa shape index (κ3) is 5.89. The SMILES string of the molecule is CN(C)c1ccc(CCCNC(=O)c2ccc(COc3ccc(C#N)cc3)o2)cc1. The third-order valence-corrected chi connectivity index (χ3v) is 4.63. The Labute approximate surface area is 176 Å². The summed E-state index contributed by atoms with van der Waals surface area (Å²) in [6, 6.07) is 20.7. The number of benzene rings is 2. The van der Waals surface area contributed by atoms with Gasteiger partial charge in [-0.15, -0.1) is 0 Å². The maximum atomic E-state index is 12.3. The van der Waals surface area contributed by atoms with E-state index in [2.05, 4.69) is 40.6 Å².